The van der Waals surface area contributed by atoms with Gasteiger partial charge in [0.15, 0.2) is 5.16 Å². The number of methoxy groups -OCH3 is 1. The Bertz CT molecular complexity index is 1160. The summed E-state index contributed by atoms with van der Waals surface area (Å²) in [6.07, 6.45) is 0.376. The van der Waals surface area contributed by atoms with Crippen LogP contribution in [0.4, 0.5) is 5.69 Å². The van der Waals surface area contributed by atoms with Crippen LogP contribution in [-0.4, -0.2) is 34.7 Å². The van der Waals surface area contributed by atoms with Crippen molar-refractivity contribution in [2.75, 3.05) is 18.2 Å². The van der Waals surface area contributed by atoms with Crippen molar-refractivity contribution in [3.05, 3.63) is 86.3 Å². The van der Waals surface area contributed by atoms with Gasteiger partial charge in [-0.05, 0) is 42.8 Å². The molecule has 2 N–H and O–H groups in total. The highest BCUT2D eigenvalue weighted by atomic mass is 35.5. The Hall–Kier alpha value is -3.10. The number of ether oxygens (including phenoxy) is 1. The average Bonchev–Trinajstić information content (AvgIpc) is 2.76. The first-order valence-corrected chi connectivity index (χ1v) is 10.7. The Morgan fingerprint density at radius 3 is 2.52 bits per heavy atom. The fourth-order valence-electron chi connectivity index (χ4n) is 2.83. The molecule has 0 unspecified atom stereocenters. The van der Waals surface area contributed by atoms with Crippen LogP contribution in [0.15, 0.2) is 58.5 Å². The number of carbonyl (C=O) groups excluding carboxylic acids is 2. The number of H-pyrrole nitrogens is 1. The van der Waals surface area contributed by atoms with E-state index in [4.69, 9.17) is 11.6 Å². The monoisotopic (exact) mass is 457 g/mol. The minimum Gasteiger partial charge on any atom is -0.465 e. The van der Waals surface area contributed by atoms with Gasteiger partial charge in [0.05, 0.1) is 18.4 Å². The molecule has 9 heteroatoms. The highest BCUT2D eigenvalue weighted by Crippen LogP contribution is 2.20. The number of esters is 1. The fraction of sp³-hybridized carbons (Fsp3) is 0.182. The summed E-state index contributed by atoms with van der Waals surface area (Å²) in [4.78, 5) is 43.3. The van der Waals surface area contributed by atoms with Crippen molar-refractivity contribution >= 4 is 40.9 Å². The highest BCUT2D eigenvalue weighted by molar-refractivity contribution is 7.99. The molecule has 0 bridgehead atoms. The lowest BCUT2D eigenvalue weighted by molar-refractivity contribution is -0.113. The molecule has 7 nitrogen and oxygen atoms in total. The van der Waals surface area contributed by atoms with E-state index >= 15 is 0 Å². The third-order valence-electron chi connectivity index (χ3n) is 4.46. The smallest absolute Gasteiger partial charge is 0.337 e. The molecule has 3 rings (SSSR count). The fourth-order valence-corrected chi connectivity index (χ4v) is 3.74. The molecule has 0 atom stereocenters. The lowest BCUT2D eigenvalue weighted by atomic mass is 10.1. The Balaban J connectivity index is 1.61. The molecule has 31 heavy (non-hydrogen) atoms. The number of thioether (sulfide) groups is 1. The maximum absolute atomic E-state index is 12.5. The number of nitrogens with one attached hydrogen (secondary N) is 2. The quantitative estimate of drug-likeness (QED) is 0.317. The standard InChI is InChI=1S/C22H20ClN3O4S/c1-13-17(11-15-5-3-4-6-18(15)23)20(28)26-22(24-13)31-12-19(27)25-16-9-7-14(8-10-16)21(29)30-2/h3-10H,11-12H2,1-2H3,(H,25,27)(H,24,26,28). The molecule has 0 radical (unpaired) electrons. The van der Waals surface area contributed by atoms with Crippen LogP contribution in [0, 0.1) is 6.92 Å². The largest absolute Gasteiger partial charge is 0.465 e. The number of rotatable bonds is 7. The van der Waals surface area contributed by atoms with Crippen molar-refractivity contribution in [3.8, 4) is 0 Å². The van der Waals surface area contributed by atoms with Gasteiger partial charge in [0, 0.05) is 28.4 Å². The number of aromatic amines is 1. The Morgan fingerprint density at radius 2 is 1.87 bits per heavy atom. The maximum Gasteiger partial charge on any atom is 0.337 e. The molecule has 0 fully saturated rings. The number of hydrogen-bond donors (Lipinski definition) is 2. The number of anilines is 1. The van der Waals surface area contributed by atoms with Crippen molar-refractivity contribution in [1.82, 2.24) is 9.97 Å². The van der Waals surface area contributed by atoms with Crippen molar-refractivity contribution in [3.63, 3.8) is 0 Å². The first-order valence-electron chi connectivity index (χ1n) is 9.31. The molecule has 1 heterocycles. The second kappa shape index (κ2) is 10.3. The zero-order valence-corrected chi connectivity index (χ0v) is 18.5. The molecule has 0 aliphatic carbocycles. The lowest BCUT2D eigenvalue weighted by Gasteiger charge is -2.09. The lowest BCUT2D eigenvalue weighted by Crippen LogP contribution is -2.19. The van der Waals surface area contributed by atoms with Crippen LogP contribution < -0.4 is 10.9 Å². The van der Waals surface area contributed by atoms with Gasteiger partial charge in [-0.15, -0.1) is 0 Å². The van der Waals surface area contributed by atoms with Gasteiger partial charge in [-0.3, -0.25) is 9.59 Å². The third kappa shape index (κ3) is 5.96. The summed E-state index contributed by atoms with van der Waals surface area (Å²) < 4.78 is 4.64. The summed E-state index contributed by atoms with van der Waals surface area (Å²) in [5, 5.41) is 3.69. The third-order valence-corrected chi connectivity index (χ3v) is 5.70. The Morgan fingerprint density at radius 1 is 1.16 bits per heavy atom. The summed E-state index contributed by atoms with van der Waals surface area (Å²) in [5.41, 5.74) is 2.65. The van der Waals surface area contributed by atoms with Crippen LogP contribution in [0.2, 0.25) is 5.02 Å². The van der Waals surface area contributed by atoms with Gasteiger partial charge < -0.3 is 15.0 Å². The molecular formula is C22H20ClN3O4S. The summed E-state index contributed by atoms with van der Waals surface area (Å²) in [5.74, 6) is -0.654. The van der Waals surface area contributed by atoms with E-state index in [1.807, 2.05) is 18.2 Å². The van der Waals surface area contributed by atoms with E-state index < -0.39 is 5.97 Å². The molecule has 2 aromatic carbocycles. The minimum atomic E-state index is -0.447. The molecule has 1 aromatic heterocycles. The van der Waals surface area contributed by atoms with Gasteiger partial charge >= 0.3 is 5.97 Å². The van der Waals surface area contributed by atoms with Gasteiger partial charge in [0.2, 0.25) is 5.91 Å². The molecule has 0 saturated carbocycles. The number of aromatic nitrogens is 2. The van der Waals surface area contributed by atoms with Crippen LogP contribution in [-0.2, 0) is 16.0 Å². The predicted molar refractivity (Wildman–Crippen MR) is 121 cm³/mol. The summed E-state index contributed by atoms with van der Waals surface area (Å²) >= 11 is 7.32. The molecule has 0 spiro atoms. The van der Waals surface area contributed by atoms with E-state index in [9.17, 15) is 14.4 Å². The second-order valence-corrected chi connectivity index (χ2v) is 7.98. The molecule has 1 amide bonds. The van der Waals surface area contributed by atoms with Gasteiger partial charge in [-0.2, -0.15) is 0 Å². The van der Waals surface area contributed by atoms with Crippen molar-refractivity contribution in [2.45, 2.75) is 18.5 Å². The van der Waals surface area contributed by atoms with Crippen LogP contribution in [0.1, 0.15) is 27.2 Å². The van der Waals surface area contributed by atoms with Crippen LogP contribution in [0.5, 0.6) is 0 Å². The van der Waals surface area contributed by atoms with Crippen LogP contribution in [0.25, 0.3) is 0 Å². The molecule has 0 saturated heterocycles. The van der Waals surface area contributed by atoms with Crippen molar-refractivity contribution < 1.29 is 14.3 Å². The Kier molecular flexibility index (Phi) is 7.49. The number of benzene rings is 2. The normalized spacial score (nSPS) is 10.5. The summed E-state index contributed by atoms with van der Waals surface area (Å²) in [6, 6.07) is 13.7. The van der Waals surface area contributed by atoms with E-state index in [1.54, 1.807) is 37.3 Å². The molecule has 0 aliphatic rings. The van der Waals surface area contributed by atoms with E-state index in [2.05, 4.69) is 20.0 Å². The molecular weight excluding hydrogens is 438 g/mol. The number of aryl methyl sites for hydroxylation is 1. The van der Waals surface area contributed by atoms with Crippen LogP contribution >= 0.6 is 23.4 Å². The average molecular weight is 458 g/mol. The highest BCUT2D eigenvalue weighted by Gasteiger charge is 2.13. The van der Waals surface area contributed by atoms with Crippen molar-refractivity contribution in [2.24, 2.45) is 0 Å². The summed E-state index contributed by atoms with van der Waals surface area (Å²) in [6.45, 7) is 1.76. The number of nitrogens with zero attached hydrogens (tertiary/aromatic N) is 1. The number of halogens is 1. The SMILES string of the molecule is COC(=O)c1ccc(NC(=O)CSc2nc(C)c(Cc3ccccc3Cl)c(=O)[nH]2)cc1. The van der Waals surface area contributed by atoms with E-state index in [-0.39, 0.29) is 17.2 Å². The topological polar surface area (TPSA) is 101 Å². The maximum atomic E-state index is 12.5. The number of amides is 1. The van der Waals surface area contributed by atoms with Gasteiger partial charge in [-0.1, -0.05) is 41.6 Å². The van der Waals surface area contributed by atoms with Gasteiger partial charge in [0.1, 0.15) is 0 Å². The Labute approximate surface area is 188 Å². The summed E-state index contributed by atoms with van der Waals surface area (Å²) in [7, 11) is 1.30. The van der Waals surface area contributed by atoms with Crippen LogP contribution in [0.3, 0.4) is 0 Å². The van der Waals surface area contributed by atoms with Gasteiger partial charge in [-0.25, -0.2) is 9.78 Å². The minimum absolute atomic E-state index is 0.0605. The second-order valence-electron chi connectivity index (χ2n) is 6.61. The van der Waals surface area contributed by atoms with E-state index in [0.29, 0.717) is 39.1 Å². The first kappa shape index (κ1) is 22.6. The molecule has 3 aromatic rings. The van der Waals surface area contributed by atoms with E-state index in [1.165, 1.54) is 7.11 Å². The number of hydrogen-bond acceptors (Lipinski definition) is 6. The predicted octanol–water partition coefficient (Wildman–Crippen LogP) is 3.84. The molecule has 160 valence electrons. The molecule has 0 aliphatic heterocycles. The van der Waals surface area contributed by atoms with E-state index in [0.717, 1.165) is 17.3 Å². The van der Waals surface area contributed by atoms with Gasteiger partial charge in [0.25, 0.3) is 5.56 Å². The zero-order valence-electron chi connectivity index (χ0n) is 16.9. The number of carbonyl (C=O) groups is 2. The zero-order chi connectivity index (χ0) is 22.4. The first-order chi connectivity index (χ1) is 14.9. The van der Waals surface area contributed by atoms with Crippen molar-refractivity contribution in [1.29, 1.82) is 0 Å².